The minimum atomic E-state index is -0.245. The largest absolute Gasteiger partial charge is 0.469 e. The summed E-state index contributed by atoms with van der Waals surface area (Å²) >= 11 is 0. The number of ether oxygens (including phenoxy) is 4. The van der Waals surface area contributed by atoms with Crippen LogP contribution in [0.2, 0.25) is 0 Å². The monoisotopic (exact) mass is 414 g/mol. The Bertz CT molecular complexity index is 216. The van der Waals surface area contributed by atoms with Gasteiger partial charge in [0, 0.05) is 27.2 Å². The molecule has 0 fully saturated rings. The molecule has 3 N–H and O–H groups in total. The molecular formula is C20H46O8. The van der Waals surface area contributed by atoms with Gasteiger partial charge in [0.2, 0.25) is 0 Å². The lowest BCUT2D eigenvalue weighted by molar-refractivity contribution is -0.137. The van der Waals surface area contributed by atoms with Crippen molar-refractivity contribution in [2.45, 2.75) is 34.6 Å². The number of aliphatic hydroxyl groups excluding tert-OH is 3. The quantitative estimate of drug-likeness (QED) is 0.315. The first-order chi connectivity index (χ1) is 13.3. The zero-order chi connectivity index (χ0) is 23.5. The molecule has 0 aromatic carbocycles. The second-order valence-electron chi connectivity index (χ2n) is 4.07. The van der Waals surface area contributed by atoms with Crippen molar-refractivity contribution in [3.05, 3.63) is 25.3 Å². The predicted molar refractivity (Wildman–Crippen MR) is 116 cm³/mol. The molecule has 0 atom stereocenters. The van der Waals surface area contributed by atoms with Gasteiger partial charge in [-0.2, -0.15) is 0 Å². The van der Waals surface area contributed by atoms with Crippen molar-refractivity contribution in [1.29, 1.82) is 0 Å². The molecule has 0 saturated carbocycles. The van der Waals surface area contributed by atoms with Crippen molar-refractivity contribution in [1.82, 2.24) is 0 Å². The maximum atomic E-state index is 9.59. The van der Waals surface area contributed by atoms with E-state index in [4.69, 9.17) is 20.1 Å². The lowest BCUT2D eigenvalue weighted by Crippen LogP contribution is -2.03. The Morgan fingerprint density at radius 3 is 1.18 bits per heavy atom. The molecule has 28 heavy (non-hydrogen) atoms. The van der Waals surface area contributed by atoms with Crippen LogP contribution in [0.3, 0.4) is 0 Å². The number of aliphatic hydroxyl groups is 3. The zero-order valence-corrected chi connectivity index (χ0v) is 19.1. The van der Waals surface area contributed by atoms with Crippen LogP contribution in [0.4, 0.5) is 0 Å². The molecular weight excluding hydrogens is 368 g/mol. The number of rotatable bonds is 8. The summed E-state index contributed by atoms with van der Waals surface area (Å²) in [5.74, 6) is -0.245. The highest BCUT2D eigenvalue weighted by molar-refractivity contribution is 5.65. The van der Waals surface area contributed by atoms with Crippen LogP contribution in [0.15, 0.2) is 25.3 Å². The molecule has 0 aliphatic rings. The highest BCUT2D eigenvalue weighted by Gasteiger charge is 1.79. The van der Waals surface area contributed by atoms with Gasteiger partial charge in [0.15, 0.2) is 0 Å². The summed E-state index contributed by atoms with van der Waals surface area (Å²) in [6.07, 6.45) is 3.50. The third-order valence-electron chi connectivity index (χ3n) is 1.46. The van der Waals surface area contributed by atoms with Crippen LogP contribution in [0, 0.1) is 0 Å². The van der Waals surface area contributed by atoms with Gasteiger partial charge in [-0.15, -0.1) is 13.2 Å². The molecule has 0 aliphatic heterocycles. The molecule has 0 bridgehead atoms. The van der Waals surface area contributed by atoms with Crippen LogP contribution >= 0.6 is 0 Å². The first-order valence-corrected chi connectivity index (χ1v) is 9.00. The Kier molecular flexibility index (Phi) is 93.5. The van der Waals surface area contributed by atoms with Crippen molar-refractivity contribution in [3.8, 4) is 0 Å². The van der Waals surface area contributed by atoms with Crippen LogP contribution in [-0.2, 0) is 23.7 Å². The van der Waals surface area contributed by atoms with Crippen molar-refractivity contribution in [3.63, 3.8) is 0 Å². The van der Waals surface area contributed by atoms with Crippen LogP contribution in [0.25, 0.3) is 0 Å². The van der Waals surface area contributed by atoms with Gasteiger partial charge in [-0.3, -0.25) is 4.79 Å². The van der Waals surface area contributed by atoms with Crippen molar-refractivity contribution < 1.29 is 39.1 Å². The summed E-state index contributed by atoms with van der Waals surface area (Å²) in [5.41, 5.74) is 0. The van der Waals surface area contributed by atoms with Gasteiger partial charge in [0.25, 0.3) is 0 Å². The lowest BCUT2D eigenvalue weighted by Gasteiger charge is -1.94. The first-order valence-electron chi connectivity index (χ1n) is 9.00. The average Bonchev–Trinajstić information content (AvgIpc) is 2.66. The van der Waals surface area contributed by atoms with E-state index in [2.05, 4.69) is 27.4 Å². The van der Waals surface area contributed by atoms with Gasteiger partial charge in [0.05, 0.1) is 46.8 Å². The SMILES string of the molecule is C=CC.C=CC.CCOCC.COC(C)=O.COCCO.OCCOCCO. The van der Waals surface area contributed by atoms with E-state index >= 15 is 0 Å². The van der Waals surface area contributed by atoms with Crippen LogP contribution in [-0.4, -0.2) is 88.4 Å². The zero-order valence-electron chi connectivity index (χ0n) is 19.1. The lowest BCUT2D eigenvalue weighted by atomic mass is 10.7. The number of allylic oxidation sites excluding steroid dienone is 2. The molecule has 0 radical (unpaired) electrons. The highest BCUT2D eigenvalue weighted by atomic mass is 16.5. The molecule has 0 spiro atoms. The van der Waals surface area contributed by atoms with E-state index in [0.717, 1.165) is 13.2 Å². The summed E-state index contributed by atoms with van der Waals surface area (Å²) in [5, 5.41) is 24.1. The third-order valence-corrected chi connectivity index (χ3v) is 1.46. The molecule has 174 valence electrons. The van der Waals surface area contributed by atoms with E-state index < -0.39 is 0 Å². The van der Waals surface area contributed by atoms with Crippen molar-refractivity contribution >= 4 is 5.97 Å². The van der Waals surface area contributed by atoms with Gasteiger partial charge < -0.3 is 34.3 Å². The molecule has 0 amide bonds. The number of hydrogen-bond acceptors (Lipinski definition) is 8. The Labute approximate surface area is 172 Å². The molecule has 0 rings (SSSR count). The second-order valence-corrected chi connectivity index (χ2v) is 4.07. The number of hydrogen-bond donors (Lipinski definition) is 3. The topological polar surface area (TPSA) is 115 Å². The number of methoxy groups -OCH3 is 2. The average molecular weight is 415 g/mol. The predicted octanol–water partition coefficient (Wildman–Crippen LogP) is 2.22. The fourth-order valence-corrected chi connectivity index (χ4v) is 0.527. The summed E-state index contributed by atoms with van der Waals surface area (Å²) in [6.45, 7) is 18.8. The van der Waals surface area contributed by atoms with Gasteiger partial charge in [0.1, 0.15) is 0 Å². The molecule has 0 aromatic rings. The number of carbonyl (C=O) groups is 1. The molecule has 0 aromatic heterocycles. The fraction of sp³-hybridized carbons (Fsp3) is 0.750. The van der Waals surface area contributed by atoms with Gasteiger partial charge >= 0.3 is 5.97 Å². The maximum Gasteiger partial charge on any atom is 0.302 e. The van der Waals surface area contributed by atoms with Gasteiger partial charge in [-0.25, -0.2) is 0 Å². The Morgan fingerprint density at radius 1 is 0.821 bits per heavy atom. The molecule has 0 aliphatic carbocycles. The summed E-state index contributed by atoms with van der Waals surface area (Å²) in [7, 11) is 2.90. The molecule has 0 saturated heterocycles. The minimum absolute atomic E-state index is 0.0278. The molecule has 8 heteroatoms. The van der Waals surface area contributed by atoms with E-state index in [1.54, 1.807) is 19.3 Å². The minimum Gasteiger partial charge on any atom is -0.469 e. The Morgan fingerprint density at radius 2 is 1.11 bits per heavy atom. The smallest absolute Gasteiger partial charge is 0.302 e. The van der Waals surface area contributed by atoms with E-state index in [0.29, 0.717) is 19.8 Å². The van der Waals surface area contributed by atoms with Crippen molar-refractivity contribution in [2.75, 3.05) is 67.1 Å². The van der Waals surface area contributed by atoms with Crippen LogP contribution < -0.4 is 0 Å². The molecule has 0 unspecified atom stereocenters. The summed E-state index contributed by atoms with van der Waals surface area (Å²) in [4.78, 5) is 9.59. The van der Waals surface area contributed by atoms with Gasteiger partial charge in [-0.1, -0.05) is 12.2 Å². The highest BCUT2D eigenvalue weighted by Crippen LogP contribution is 1.68. The third kappa shape index (κ3) is 183. The summed E-state index contributed by atoms with van der Waals surface area (Å²) < 4.78 is 18.0. The van der Waals surface area contributed by atoms with Crippen LogP contribution in [0.1, 0.15) is 34.6 Å². The second kappa shape index (κ2) is 63.6. The maximum absolute atomic E-state index is 9.59. The van der Waals surface area contributed by atoms with Crippen molar-refractivity contribution in [2.24, 2.45) is 0 Å². The summed E-state index contributed by atoms with van der Waals surface area (Å²) in [6, 6.07) is 0. The van der Waals surface area contributed by atoms with E-state index in [1.165, 1.54) is 14.0 Å². The number of carbonyl (C=O) groups excluding carboxylic acids is 1. The van der Waals surface area contributed by atoms with Crippen LogP contribution in [0.5, 0.6) is 0 Å². The molecule has 8 nitrogen and oxygen atoms in total. The van der Waals surface area contributed by atoms with E-state index in [-0.39, 0.29) is 25.8 Å². The van der Waals surface area contributed by atoms with E-state index in [9.17, 15) is 4.79 Å². The van der Waals surface area contributed by atoms with Gasteiger partial charge in [-0.05, 0) is 27.7 Å². The number of esters is 1. The first kappa shape index (κ1) is 41.2. The Hall–Kier alpha value is -1.29. The van der Waals surface area contributed by atoms with E-state index in [1.807, 2.05) is 27.7 Å². The molecule has 0 heterocycles. The Balaban J connectivity index is -0.0000000532. The standard InChI is InChI=1S/C4H10O3.C4H10O.C3H8O2.C3H6O2.2C3H6/c5-1-3-7-4-2-6;1-3-5-4-2;1-5-3-2-4;1-3(4)5-2;2*1-3-2/h5-6H,1-4H2;3-4H2,1-2H3;4H,2-3H2,1H3;1-2H3;2*3H,1H2,2H3. The fourth-order valence-electron chi connectivity index (χ4n) is 0.527. The normalized spacial score (nSPS) is 7.50.